The van der Waals surface area contributed by atoms with Crippen LogP contribution in [0.5, 0.6) is 0 Å². The molecule has 2 aromatic carbocycles. The smallest absolute Gasteiger partial charge is 0.328 e. The Balaban J connectivity index is 1.81. The monoisotopic (exact) mass is 406 g/mol. The second-order valence-electron chi connectivity index (χ2n) is 10.1. The fourth-order valence-corrected chi connectivity index (χ4v) is 6.22. The summed E-state index contributed by atoms with van der Waals surface area (Å²) in [6.45, 7) is 11.8. The third kappa shape index (κ3) is 3.44. The SMILES string of the molecule is CC1(C)CCC(C)(C)c2cc(C3(C)CSc4ccc(C=CC(=O)O)cc43)ccc21. The maximum absolute atomic E-state index is 10.9. The molecule has 2 nitrogen and oxygen atoms in total. The maximum Gasteiger partial charge on any atom is 0.328 e. The van der Waals surface area contributed by atoms with Crippen molar-refractivity contribution >= 4 is 23.8 Å². The minimum absolute atomic E-state index is 0.0697. The first-order valence-electron chi connectivity index (χ1n) is 10.4. The summed E-state index contributed by atoms with van der Waals surface area (Å²) in [5.41, 5.74) is 6.95. The Morgan fingerprint density at radius 2 is 1.62 bits per heavy atom. The number of carboxylic acid groups (broad SMARTS) is 1. The molecule has 0 amide bonds. The molecule has 0 spiro atoms. The Morgan fingerprint density at radius 1 is 0.931 bits per heavy atom. The molecule has 2 aliphatic rings. The largest absolute Gasteiger partial charge is 0.478 e. The molecule has 1 aliphatic heterocycles. The lowest BCUT2D eigenvalue weighted by atomic mass is 9.62. The molecule has 3 heteroatoms. The van der Waals surface area contributed by atoms with Crippen LogP contribution >= 0.6 is 11.8 Å². The highest BCUT2D eigenvalue weighted by molar-refractivity contribution is 7.99. The van der Waals surface area contributed by atoms with Crippen molar-refractivity contribution in [1.82, 2.24) is 0 Å². The predicted molar refractivity (Wildman–Crippen MR) is 122 cm³/mol. The van der Waals surface area contributed by atoms with Crippen LogP contribution in [0.15, 0.2) is 47.4 Å². The van der Waals surface area contributed by atoms with E-state index in [2.05, 4.69) is 65.0 Å². The van der Waals surface area contributed by atoms with Gasteiger partial charge in [0.2, 0.25) is 0 Å². The minimum atomic E-state index is -0.915. The molecule has 0 fully saturated rings. The van der Waals surface area contributed by atoms with E-state index in [1.807, 2.05) is 17.8 Å². The maximum atomic E-state index is 10.9. The van der Waals surface area contributed by atoms with Gasteiger partial charge < -0.3 is 5.11 Å². The number of benzene rings is 2. The number of hydrogen-bond donors (Lipinski definition) is 1. The van der Waals surface area contributed by atoms with E-state index < -0.39 is 5.97 Å². The molecule has 0 saturated carbocycles. The van der Waals surface area contributed by atoms with Crippen LogP contribution in [0.4, 0.5) is 0 Å². The van der Waals surface area contributed by atoms with Crippen LogP contribution in [0.25, 0.3) is 6.08 Å². The van der Waals surface area contributed by atoms with Gasteiger partial charge in [0, 0.05) is 22.1 Å². The third-order valence-electron chi connectivity index (χ3n) is 7.02. The Morgan fingerprint density at radius 3 is 2.31 bits per heavy atom. The highest BCUT2D eigenvalue weighted by Gasteiger charge is 2.41. The Labute approximate surface area is 178 Å². The number of aliphatic carboxylic acids is 1. The lowest BCUT2D eigenvalue weighted by Crippen LogP contribution is -2.35. The van der Waals surface area contributed by atoms with E-state index in [1.54, 1.807) is 6.08 Å². The lowest BCUT2D eigenvalue weighted by molar-refractivity contribution is -0.131. The average Bonchev–Trinajstić information content (AvgIpc) is 3.01. The van der Waals surface area contributed by atoms with Crippen LogP contribution in [0.2, 0.25) is 0 Å². The van der Waals surface area contributed by atoms with Gasteiger partial charge in [-0.05, 0) is 69.7 Å². The van der Waals surface area contributed by atoms with Crippen LogP contribution in [-0.2, 0) is 21.0 Å². The molecular formula is C26H30O2S. The highest BCUT2D eigenvalue weighted by Crippen LogP contribution is 2.51. The second kappa shape index (κ2) is 6.77. The molecule has 1 N–H and O–H groups in total. The summed E-state index contributed by atoms with van der Waals surface area (Å²) in [7, 11) is 0. The number of rotatable bonds is 3. The Bertz CT molecular complexity index is 1020. The zero-order valence-corrected chi connectivity index (χ0v) is 18.8. The van der Waals surface area contributed by atoms with E-state index in [1.165, 1.54) is 46.1 Å². The Kier molecular flexibility index (Phi) is 4.73. The van der Waals surface area contributed by atoms with Crippen LogP contribution < -0.4 is 0 Å². The number of fused-ring (bicyclic) bond motifs is 2. The van der Waals surface area contributed by atoms with Crippen molar-refractivity contribution in [3.8, 4) is 0 Å². The van der Waals surface area contributed by atoms with E-state index in [9.17, 15) is 4.79 Å². The summed E-state index contributed by atoms with van der Waals surface area (Å²) in [6, 6.07) is 13.5. The molecule has 0 bridgehead atoms. The van der Waals surface area contributed by atoms with Crippen molar-refractivity contribution in [3.63, 3.8) is 0 Å². The highest BCUT2D eigenvalue weighted by atomic mass is 32.2. The van der Waals surface area contributed by atoms with Gasteiger partial charge in [-0.2, -0.15) is 0 Å². The van der Waals surface area contributed by atoms with E-state index in [0.717, 1.165) is 11.3 Å². The second-order valence-corrected chi connectivity index (χ2v) is 11.1. The summed E-state index contributed by atoms with van der Waals surface area (Å²) in [5.74, 6) is 0.0963. The van der Waals surface area contributed by atoms with Crippen LogP contribution in [0.3, 0.4) is 0 Å². The first-order valence-corrected chi connectivity index (χ1v) is 11.4. The van der Waals surface area contributed by atoms with Gasteiger partial charge in [-0.25, -0.2) is 4.79 Å². The molecule has 152 valence electrons. The van der Waals surface area contributed by atoms with E-state index in [0.29, 0.717) is 0 Å². The zero-order valence-electron chi connectivity index (χ0n) is 18.0. The molecule has 4 rings (SSSR count). The van der Waals surface area contributed by atoms with Crippen LogP contribution in [0.1, 0.15) is 75.3 Å². The van der Waals surface area contributed by atoms with Crippen molar-refractivity contribution in [1.29, 1.82) is 0 Å². The van der Waals surface area contributed by atoms with Gasteiger partial charge in [0.25, 0.3) is 0 Å². The molecular weight excluding hydrogens is 376 g/mol. The fourth-order valence-electron chi connectivity index (χ4n) is 4.85. The first kappa shape index (κ1) is 20.3. The normalized spacial score (nSPS) is 24.3. The van der Waals surface area contributed by atoms with Gasteiger partial charge in [0.15, 0.2) is 0 Å². The van der Waals surface area contributed by atoms with Gasteiger partial charge >= 0.3 is 5.97 Å². The minimum Gasteiger partial charge on any atom is -0.478 e. The fraction of sp³-hybridized carbons (Fsp3) is 0.423. The molecule has 1 aliphatic carbocycles. The summed E-state index contributed by atoms with van der Waals surface area (Å²) in [5, 5.41) is 8.96. The topological polar surface area (TPSA) is 37.3 Å². The summed E-state index contributed by atoms with van der Waals surface area (Å²) in [6.07, 6.45) is 5.33. The van der Waals surface area contributed by atoms with Gasteiger partial charge in [-0.1, -0.05) is 58.9 Å². The van der Waals surface area contributed by atoms with E-state index >= 15 is 0 Å². The van der Waals surface area contributed by atoms with Crippen molar-refractivity contribution in [3.05, 3.63) is 70.3 Å². The summed E-state index contributed by atoms with van der Waals surface area (Å²) in [4.78, 5) is 12.2. The van der Waals surface area contributed by atoms with Gasteiger partial charge in [0.05, 0.1) is 0 Å². The molecule has 2 aromatic rings. The van der Waals surface area contributed by atoms with Crippen molar-refractivity contribution in [2.45, 2.75) is 68.6 Å². The number of hydrogen-bond acceptors (Lipinski definition) is 2. The predicted octanol–water partition coefficient (Wildman–Crippen LogP) is 6.55. The summed E-state index contributed by atoms with van der Waals surface area (Å²) >= 11 is 1.90. The quantitative estimate of drug-likeness (QED) is 0.588. The van der Waals surface area contributed by atoms with E-state index in [-0.39, 0.29) is 16.2 Å². The Hall–Kier alpha value is -2.00. The van der Waals surface area contributed by atoms with Gasteiger partial charge in [0.1, 0.15) is 0 Å². The van der Waals surface area contributed by atoms with E-state index in [4.69, 9.17) is 5.11 Å². The number of thioether (sulfide) groups is 1. The first-order chi connectivity index (χ1) is 13.5. The van der Waals surface area contributed by atoms with Crippen LogP contribution in [0, 0.1) is 0 Å². The third-order valence-corrected chi connectivity index (χ3v) is 8.41. The van der Waals surface area contributed by atoms with Crippen molar-refractivity contribution in [2.24, 2.45) is 0 Å². The molecule has 1 atom stereocenters. The molecule has 1 unspecified atom stereocenters. The van der Waals surface area contributed by atoms with Gasteiger partial charge in [-0.15, -0.1) is 11.8 Å². The number of carbonyl (C=O) groups is 1. The molecule has 1 heterocycles. The van der Waals surface area contributed by atoms with Crippen LogP contribution in [-0.4, -0.2) is 16.8 Å². The molecule has 29 heavy (non-hydrogen) atoms. The zero-order chi connectivity index (χ0) is 21.0. The average molecular weight is 407 g/mol. The standard InChI is InChI=1S/C26H30O2S/c1-24(2)12-13-25(3,4)20-15-18(8-9-19(20)24)26(5)16-29-22-10-6-17(14-21(22)26)7-11-23(27)28/h6-11,14-15H,12-13,16H2,1-5H3,(H,27,28). The molecule has 0 aromatic heterocycles. The number of carboxylic acids is 1. The molecule has 0 saturated heterocycles. The summed E-state index contributed by atoms with van der Waals surface area (Å²) < 4.78 is 0. The van der Waals surface area contributed by atoms with Crippen molar-refractivity contribution < 1.29 is 9.90 Å². The van der Waals surface area contributed by atoms with Crippen molar-refractivity contribution in [2.75, 3.05) is 5.75 Å². The lowest BCUT2D eigenvalue weighted by Gasteiger charge is -2.42. The molecule has 0 radical (unpaired) electrons. The van der Waals surface area contributed by atoms with Gasteiger partial charge in [-0.3, -0.25) is 0 Å².